The maximum absolute atomic E-state index is 12.7. The van der Waals surface area contributed by atoms with Gasteiger partial charge in [-0.2, -0.15) is 0 Å². The smallest absolute Gasteiger partial charge is 0.410 e. The summed E-state index contributed by atoms with van der Waals surface area (Å²) in [5, 5.41) is 15.1. The highest BCUT2D eigenvalue weighted by atomic mass is 16.6. The zero-order valence-corrected chi connectivity index (χ0v) is 21.8. The maximum Gasteiger partial charge on any atom is 0.410 e. The van der Waals surface area contributed by atoms with Crippen LogP contribution >= 0.6 is 0 Å². The van der Waals surface area contributed by atoms with Gasteiger partial charge in [-0.05, 0) is 92.2 Å². The first-order valence-corrected chi connectivity index (χ1v) is 13.9. The molecular weight excluding hydrogens is 472 g/mol. The molecule has 1 aliphatic heterocycles. The molecular formula is C29H38N2O6. The van der Waals surface area contributed by atoms with Crippen LogP contribution in [-0.2, 0) is 9.53 Å². The minimum absolute atomic E-state index is 0.00841. The molecule has 4 aliphatic carbocycles. The Morgan fingerprint density at radius 1 is 1.11 bits per heavy atom. The van der Waals surface area contributed by atoms with Crippen molar-refractivity contribution in [3.05, 3.63) is 46.0 Å². The lowest BCUT2D eigenvalue weighted by Crippen LogP contribution is -2.60. The lowest BCUT2D eigenvalue weighted by Gasteiger charge is -2.61. The Morgan fingerprint density at radius 3 is 2.70 bits per heavy atom. The normalized spacial score (nSPS) is 41.1. The SMILES string of the molecule is CC12CCC(OC(=O)N3CCNC(=O)C3)C=C1CCC1C2CCC2(C)C(c3ccc(=O)oc3)CCC12O. The molecule has 0 aromatic carbocycles. The number of fused-ring (bicyclic) bond motifs is 5. The van der Waals surface area contributed by atoms with Crippen LogP contribution in [0.2, 0.25) is 0 Å². The molecule has 7 unspecified atom stereocenters. The first-order valence-electron chi connectivity index (χ1n) is 13.9. The summed E-state index contributed by atoms with van der Waals surface area (Å²) in [6.45, 7) is 5.59. The van der Waals surface area contributed by atoms with E-state index in [0.717, 1.165) is 56.9 Å². The Kier molecular flexibility index (Phi) is 5.82. The van der Waals surface area contributed by atoms with Crippen LogP contribution in [0.4, 0.5) is 4.79 Å². The van der Waals surface area contributed by atoms with Gasteiger partial charge in [-0.25, -0.2) is 9.59 Å². The molecule has 2 amide bonds. The lowest BCUT2D eigenvalue weighted by molar-refractivity contribution is -0.178. The van der Waals surface area contributed by atoms with Crippen LogP contribution < -0.4 is 10.9 Å². The fourth-order valence-corrected chi connectivity index (χ4v) is 8.86. The van der Waals surface area contributed by atoms with Crippen molar-refractivity contribution in [1.29, 1.82) is 0 Å². The van der Waals surface area contributed by atoms with Crippen LogP contribution in [0.15, 0.2) is 39.3 Å². The Labute approximate surface area is 217 Å². The summed E-state index contributed by atoms with van der Waals surface area (Å²) in [5.74, 6) is 0.643. The van der Waals surface area contributed by atoms with Gasteiger partial charge in [0.1, 0.15) is 12.6 Å². The lowest BCUT2D eigenvalue weighted by atomic mass is 9.45. The fraction of sp³-hybridized carbons (Fsp3) is 0.690. The summed E-state index contributed by atoms with van der Waals surface area (Å²) in [4.78, 5) is 37.4. The van der Waals surface area contributed by atoms with Gasteiger partial charge in [0.2, 0.25) is 5.91 Å². The molecule has 5 aliphatic rings. The van der Waals surface area contributed by atoms with Gasteiger partial charge in [0.15, 0.2) is 0 Å². The van der Waals surface area contributed by atoms with E-state index in [2.05, 4.69) is 25.2 Å². The van der Waals surface area contributed by atoms with E-state index >= 15 is 0 Å². The monoisotopic (exact) mass is 510 g/mol. The summed E-state index contributed by atoms with van der Waals surface area (Å²) in [6, 6.07) is 3.37. The van der Waals surface area contributed by atoms with Crippen LogP contribution in [-0.4, -0.2) is 53.3 Å². The second-order valence-electron chi connectivity index (χ2n) is 12.5. The molecule has 2 N–H and O–H groups in total. The van der Waals surface area contributed by atoms with Gasteiger partial charge in [-0.3, -0.25) is 9.69 Å². The van der Waals surface area contributed by atoms with E-state index in [-0.39, 0.29) is 46.8 Å². The average Bonchev–Trinajstić information content (AvgIpc) is 3.16. The quantitative estimate of drug-likeness (QED) is 0.587. The second kappa shape index (κ2) is 8.72. The molecule has 2 heterocycles. The topological polar surface area (TPSA) is 109 Å². The number of amides is 2. The van der Waals surface area contributed by atoms with Crippen molar-refractivity contribution in [3.8, 4) is 0 Å². The van der Waals surface area contributed by atoms with Crippen molar-refractivity contribution in [2.75, 3.05) is 19.6 Å². The predicted octanol–water partition coefficient (Wildman–Crippen LogP) is 3.74. The van der Waals surface area contributed by atoms with Gasteiger partial charge >= 0.3 is 11.7 Å². The molecule has 8 nitrogen and oxygen atoms in total. The van der Waals surface area contributed by atoms with E-state index in [4.69, 9.17) is 9.15 Å². The Hall–Kier alpha value is -2.61. The van der Waals surface area contributed by atoms with Crippen LogP contribution in [0, 0.1) is 22.7 Å². The Balaban J connectivity index is 1.20. The number of ether oxygens (including phenoxy) is 1. The molecule has 1 aromatic heterocycles. The molecule has 37 heavy (non-hydrogen) atoms. The van der Waals surface area contributed by atoms with Crippen molar-refractivity contribution in [2.45, 2.75) is 82.8 Å². The third-order valence-electron chi connectivity index (χ3n) is 10.9. The fourth-order valence-electron chi connectivity index (χ4n) is 8.86. The largest absolute Gasteiger partial charge is 0.442 e. The Bertz CT molecular complexity index is 1170. The molecule has 3 saturated carbocycles. The van der Waals surface area contributed by atoms with Crippen LogP contribution in [0.1, 0.15) is 76.7 Å². The van der Waals surface area contributed by atoms with E-state index in [9.17, 15) is 19.5 Å². The van der Waals surface area contributed by atoms with E-state index in [1.54, 1.807) is 6.26 Å². The van der Waals surface area contributed by atoms with Gasteiger partial charge in [0.25, 0.3) is 0 Å². The average molecular weight is 511 g/mol. The molecule has 7 atom stereocenters. The number of aliphatic hydroxyl groups is 1. The number of nitrogens with one attached hydrogen (secondary N) is 1. The maximum atomic E-state index is 12.7. The standard InChI is InChI=1S/C29H38N2O6/c1-27-10-7-20(37-26(34)31-14-13-30-24(32)16-31)15-19(27)4-5-23-22(27)8-11-28(2)21(9-12-29(23,28)35)18-3-6-25(33)36-17-18/h3,6,15,17,20-23,35H,4-5,7-14,16H2,1-2H3,(H,30,32). The number of carbonyl (C=O) groups is 2. The molecule has 200 valence electrons. The highest BCUT2D eigenvalue weighted by Gasteiger charge is 2.66. The molecule has 0 spiro atoms. The number of carbonyl (C=O) groups excluding carboxylic acids is 2. The van der Waals surface area contributed by atoms with Gasteiger partial charge in [-0.1, -0.05) is 19.4 Å². The van der Waals surface area contributed by atoms with Crippen molar-refractivity contribution in [2.24, 2.45) is 22.7 Å². The summed E-state index contributed by atoms with van der Waals surface area (Å²) in [6.07, 6.45) is 10.3. The Morgan fingerprint density at radius 2 is 1.95 bits per heavy atom. The van der Waals surface area contributed by atoms with Gasteiger partial charge < -0.3 is 19.6 Å². The first-order chi connectivity index (χ1) is 17.6. The number of hydrogen-bond donors (Lipinski definition) is 2. The van der Waals surface area contributed by atoms with E-state index in [0.29, 0.717) is 19.0 Å². The van der Waals surface area contributed by atoms with Gasteiger partial charge in [0.05, 0.1) is 11.9 Å². The molecule has 0 radical (unpaired) electrons. The van der Waals surface area contributed by atoms with Crippen LogP contribution in [0.25, 0.3) is 0 Å². The summed E-state index contributed by atoms with van der Waals surface area (Å²) in [5.41, 5.74) is 1.04. The molecule has 1 saturated heterocycles. The van der Waals surface area contributed by atoms with E-state index in [1.807, 2.05) is 6.07 Å². The molecule has 4 fully saturated rings. The zero-order chi connectivity index (χ0) is 26.0. The molecule has 8 heteroatoms. The third-order valence-corrected chi connectivity index (χ3v) is 10.9. The van der Waals surface area contributed by atoms with Gasteiger partial charge in [0, 0.05) is 24.6 Å². The summed E-state index contributed by atoms with van der Waals surface area (Å²) >= 11 is 0. The number of nitrogens with zero attached hydrogens (tertiary/aromatic N) is 1. The highest BCUT2D eigenvalue weighted by molar-refractivity contribution is 5.83. The summed E-state index contributed by atoms with van der Waals surface area (Å²) < 4.78 is 11.0. The molecule has 6 rings (SSSR count). The van der Waals surface area contributed by atoms with Crippen LogP contribution in [0.3, 0.4) is 0 Å². The van der Waals surface area contributed by atoms with Crippen molar-refractivity contribution in [3.63, 3.8) is 0 Å². The third kappa shape index (κ3) is 3.77. The number of hydrogen-bond acceptors (Lipinski definition) is 6. The van der Waals surface area contributed by atoms with E-state index in [1.165, 1.54) is 16.5 Å². The summed E-state index contributed by atoms with van der Waals surface area (Å²) in [7, 11) is 0. The minimum atomic E-state index is -0.747. The molecule has 1 aromatic rings. The minimum Gasteiger partial charge on any atom is -0.442 e. The van der Waals surface area contributed by atoms with Crippen molar-refractivity contribution in [1.82, 2.24) is 10.2 Å². The predicted molar refractivity (Wildman–Crippen MR) is 136 cm³/mol. The number of piperazine rings is 1. The van der Waals surface area contributed by atoms with Crippen LogP contribution in [0.5, 0.6) is 0 Å². The van der Waals surface area contributed by atoms with Crippen molar-refractivity contribution >= 4 is 12.0 Å². The first kappa shape index (κ1) is 24.7. The second-order valence-corrected chi connectivity index (χ2v) is 12.5. The number of allylic oxidation sites excluding steroid dienone is 1. The van der Waals surface area contributed by atoms with Crippen molar-refractivity contribution < 1.29 is 23.8 Å². The zero-order valence-electron chi connectivity index (χ0n) is 21.8. The van der Waals surface area contributed by atoms with Gasteiger partial charge in [-0.15, -0.1) is 0 Å². The number of rotatable bonds is 2. The highest BCUT2D eigenvalue weighted by Crippen LogP contribution is 2.70. The molecule has 0 bridgehead atoms. The van der Waals surface area contributed by atoms with E-state index < -0.39 is 11.7 Å².